The van der Waals surface area contributed by atoms with E-state index in [2.05, 4.69) is 10.5 Å². The minimum absolute atomic E-state index is 0.0478. The maximum atomic E-state index is 11.6. The first-order chi connectivity index (χ1) is 8.02. The van der Waals surface area contributed by atoms with Crippen LogP contribution < -0.4 is 5.32 Å². The van der Waals surface area contributed by atoms with Gasteiger partial charge in [0.25, 0.3) is 5.91 Å². The summed E-state index contributed by atoms with van der Waals surface area (Å²) in [6, 6.07) is 1.54. The number of carboxylic acid groups (broad SMARTS) is 1. The van der Waals surface area contributed by atoms with Crippen molar-refractivity contribution in [2.45, 2.75) is 26.7 Å². The zero-order chi connectivity index (χ0) is 12.8. The summed E-state index contributed by atoms with van der Waals surface area (Å²) in [7, 11) is 0. The topological polar surface area (TPSA) is 92.4 Å². The number of aliphatic carboxylic acids is 1. The van der Waals surface area contributed by atoms with Crippen LogP contribution in [-0.2, 0) is 4.79 Å². The van der Waals surface area contributed by atoms with Gasteiger partial charge in [-0.2, -0.15) is 0 Å². The van der Waals surface area contributed by atoms with Gasteiger partial charge in [0.15, 0.2) is 0 Å². The van der Waals surface area contributed by atoms with Crippen molar-refractivity contribution in [3.05, 3.63) is 17.5 Å². The van der Waals surface area contributed by atoms with Gasteiger partial charge in [0.2, 0.25) is 5.76 Å². The fraction of sp³-hybridized carbons (Fsp3) is 0.545. The van der Waals surface area contributed by atoms with Crippen molar-refractivity contribution in [3.63, 3.8) is 0 Å². The predicted octanol–water partition coefficient (Wildman–Crippen LogP) is 1.21. The molecule has 2 N–H and O–H groups in total. The van der Waals surface area contributed by atoms with Crippen molar-refractivity contribution < 1.29 is 19.2 Å². The summed E-state index contributed by atoms with van der Waals surface area (Å²) in [5.41, 5.74) is 0.632. The molecule has 0 aliphatic rings. The molecule has 6 nitrogen and oxygen atoms in total. The van der Waals surface area contributed by atoms with E-state index < -0.39 is 5.97 Å². The monoisotopic (exact) mass is 240 g/mol. The van der Waals surface area contributed by atoms with Crippen LogP contribution in [0.3, 0.4) is 0 Å². The van der Waals surface area contributed by atoms with Crippen LogP contribution in [0.15, 0.2) is 10.6 Å². The standard InChI is InChI=1S/C11H16N2O4/c1-3-8(5-10(14)15)6-12-11(16)9-4-7(2)13-17-9/h4,8H,3,5-6H2,1-2H3,(H,12,16)(H,14,15). The molecule has 1 atom stereocenters. The second-order valence-corrected chi connectivity index (χ2v) is 3.91. The number of carbonyl (C=O) groups excluding carboxylic acids is 1. The molecule has 1 rings (SSSR count). The van der Waals surface area contributed by atoms with Crippen LogP contribution in [0.1, 0.15) is 36.0 Å². The van der Waals surface area contributed by atoms with E-state index >= 15 is 0 Å². The Morgan fingerprint density at radius 1 is 1.59 bits per heavy atom. The first kappa shape index (κ1) is 13.2. The van der Waals surface area contributed by atoms with E-state index in [-0.39, 0.29) is 24.0 Å². The average Bonchev–Trinajstić information content (AvgIpc) is 2.70. The number of carbonyl (C=O) groups is 2. The third kappa shape index (κ3) is 4.26. The van der Waals surface area contributed by atoms with Crippen molar-refractivity contribution in [2.75, 3.05) is 6.54 Å². The molecule has 1 unspecified atom stereocenters. The smallest absolute Gasteiger partial charge is 0.303 e. The molecule has 0 aromatic carbocycles. The fourth-order valence-corrected chi connectivity index (χ4v) is 1.40. The minimum atomic E-state index is -0.860. The lowest BCUT2D eigenvalue weighted by Gasteiger charge is -2.12. The van der Waals surface area contributed by atoms with Crippen molar-refractivity contribution in [1.82, 2.24) is 10.5 Å². The molecular formula is C11H16N2O4. The van der Waals surface area contributed by atoms with Crippen LogP contribution in [0.25, 0.3) is 0 Å². The van der Waals surface area contributed by atoms with E-state index in [0.717, 1.165) is 0 Å². The number of hydrogen-bond acceptors (Lipinski definition) is 4. The number of aryl methyl sites for hydroxylation is 1. The molecule has 0 saturated heterocycles. The highest BCUT2D eigenvalue weighted by Gasteiger charge is 2.15. The van der Waals surface area contributed by atoms with Crippen molar-refractivity contribution >= 4 is 11.9 Å². The van der Waals surface area contributed by atoms with E-state index in [1.807, 2.05) is 6.92 Å². The number of rotatable bonds is 6. The Bertz CT molecular complexity index is 400. The van der Waals surface area contributed by atoms with E-state index in [0.29, 0.717) is 18.7 Å². The molecule has 0 saturated carbocycles. The first-order valence-electron chi connectivity index (χ1n) is 5.46. The quantitative estimate of drug-likeness (QED) is 0.779. The van der Waals surface area contributed by atoms with Gasteiger partial charge in [0, 0.05) is 19.0 Å². The Labute approximate surface area is 99.0 Å². The molecule has 0 aliphatic heterocycles. The summed E-state index contributed by atoms with van der Waals surface area (Å²) in [5.74, 6) is -1.15. The summed E-state index contributed by atoms with van der Waals surface area (Å²) in [6.45, 7) is 3.93. The predicted molar refractivity (Wildman–Crippen MR) is 59.6 cm³/mol. The SMILES string of the molecule is CCC(CNC(=O)c1cc(C)no1)CC(=O)O. The normalized spacial score (nSPS) is 12.1. The summed E-state index contributed by atoms with van der Waals surface area (Å²) in [5, 5.41) is 14.9. The van der Waals surface area contributed by atoms with E-state index in [9.17, 15) is 9.59 Å². The number of aromatic nitrogens is 1. The van der Waals surface area contributed by atoms with Gasteiger partial charge in [0.1, 0.15) is 0 Å². The third-order valence-corrected chi connectivity index (χ3v) is 2.44. The second-order valence-electron chi connectivity index (χ2n) is 3.91. The van der Waals surface area contributed by atoms with Crippen LogP contribution in [0.5, 0.6) is 0 Å². The molecule has 0 bridgehead atoms. The van der Waals surface area contributed by atoms with Gasteiger partial charge >= 0.3 is 5.97 Å². The lowest BCUT2D eigenvalue weighted by Crippen LogP contribution is -2.29. The highest BCUT2D eigenvalue weighted by molar-refractivity contribution is 5.91. The third-order valence-electron chi connectivity index (χ3n) is 2.44. The lowest BCUT2D eigenvalue weighted by atomic mass is 10.0. The Morgan fingerprint density at radius 2 is 2.29 bits per heavy atom. The molecule has 17 heavy (non-hydrogen) atoms. The van der Waals surface area contributed by atoms with Crippen molar-refractivity contribution in [2.24, 2.45) is 5.92 Å². The summed E-state index contributed by atoms with van der Waals surface area (Å²) in [4.78, 5) is 22.1. The van der Waals surface area contributed by atoms with Gasteiger partial charge in [-0.05, 0) is 12.8 Å². The fourth-order valence-electron chi connectivity index (χ4n) is 1.40. The molecule has 0 aliphatic carbocycles. The molecule has 0 spiro atoms. The van der Waals surface area contributed by atoms with Crippen LogP contribution >= 0.6 is 0 Å². The zero-order valence-electron chi connectivity index (χ0n) is 9.90. The Kier molecular flexibility index (Phi) is 4.68. The van der Waals surface area contributed by atoms with E-state index in [1.165, 1.54) is 6.07 Å². The molecule has 6 heteroatoms. The molecule has 1 heterocycles. The van der Waals surface area contributed by atoms with Crippen LogP contribution in [-0.4, -0.2) is 28.7 Å². The molecule has 1 aromatic heterocycles. The highest BCUT2D eigenvalue weighted by Crippen LogP contribution is 2.07. The van der Waals surface area contributed by atoms with Gasteiger partial charge in [-0.3, -0.25) is 9.59 Å². The average molecular weight is 240 g/mol. The van der Waals surface area contributed by atoms with E-state index in [4.69, 9.17) is 9.63 Å². The number of carboxylic acids is 1. The molecular weight excluding hydrogens is 224 g/mol. The highest BCUT2D eigenvalue weighted by atomic mass is 16.5. The molecule has 94 valence electrons. The Balaban J connectivity index is 2.44. The van der Waals surface area contributed by atoms with E-state index in [1.54, 1.807) is 6.92 Å². The summed E-state index contributed by atoms with van der Waals surface area (Å²) in [6.07, 6.45) is 0.744. The number of nitrogens with zero attached hydrogens (tertiary/aromatic N) is 1. The van der Waals surface area contributed by atoms with Gasteiger partial charge in [0.05, 0.1) is 5.69 Å². The van der Waals surface area contributed by atoms with Gasteiger partial charge in [-0.15, -0.1) is 0 Å². The zero-order valence-corrected chi connectivity index (χ0v) is 9.90. The molecule has 0 radical (unpaired) electrons. The van der Waals surface area contributed by atoms with Gasteiger partial charge in [-0.1, -0.05) is 18.5 Å². The molecule has 1 amide bonds. The maximum absolute atomic E-state index is 11.6. The molecule has 0 fully saturated rings. The van der Waals surface area contributed by atoms with Crippen molar-refractivity contribution in [3.8, 4) is 0 Å². The largest absolute Gasteiger partial charge is 0.481 e. The minimum Gasteiger partial charge on any atom is -0.481 e. The lowest BCUT2D eigenvalue weighted by molar-refractivity contribution is -0.138. The summed E-state index contributed by atoms with van der Waals surface area (Å²) >= 11 is 0. The summed E-state index contributed by atoms with van der Waals surface area (Å²) < 4.78 is 4.79. The van der Waals surface area contributed by atoms with Gasteiger partial charge in [-0.25, -0.2) is 0 Å². The number of nitrogens with one attached hydrogen (secondary N) is 1. The molecule has 1 aromatic rings. The van der Waals surface area contributed by atoms with Gasteiger partial charge < -0.3 is 14.9 Å². The first-order valence-corrected chi connectivity index (χ1v) is 5.46. The number of hydrogen-bond donors (Lipinski definition) is 2. The maximum Gasteiger partial charge on any atom is 0.303 e. The second kappa shape index (κ2) is 6.03. The van der Waals surface area contributed by atoms with Crippen LogP contribution in [0.4, 0.5) is 0 Å². The Morgan fingerprint density at radius 3 is 2.76 bits per heavy atom. The Hall–Kier alpha value is -1.85. The van der Waals surface area contributed by atoms with Crippen LogP contribution in [0.2, 0.25) is 0 Å². The van der Waals surface area contributed by atoms with Crippen LogP contribution in [0, 0.1) is 12.8 Å². The number of amides is 1. The van der Waals surface area contributed by atoms with Crippen molar-refractivity contribution in [1.29, 1.82) is 0 Å².